The maximum Gasteiger partial charge on any atom is 0.131 e. The van der Waals surface area contributed by atoms with Crippen LogP contribution in [-0.2, 0) is 13.0 Å². The molecule has 2 rings (SSSR count). The standard InChI is InChI=1S/C15H20ClN3O/c1-4-7-12-18-14(15(17)19(12)5-2)13-10(16)8-6-9-11(13)20-3/h6,8-9H,4-5,7,17H2,1-3H3. The second-order valence-electron chi connectivity index (χ2n) is 4.57. The SMILES string of the molecule is CCCc1nc(-c2c(Cl)cccc2OC)c(N)n1CC. The molecule has 4 nitrogen and oxygen atoms in total. The number of ether oxygens (including phenoxy) is 1. The van der Waals surface area contributed by atoms with E-state index in [1.165, 1.54) is 0 Å². The van der Waals surface area contributed by atoms with Gasteiger partial charge in [0.1, 0.15) is 23.1 Å². The fourth-order valence-corrected chi connectivity index (χ4v) is 2.62. The van der Waals surface area contributed by atoms with Crippen LogP contribution in [0.5, 0.6) is 5.75 Å². The molecule has 0 spiro atoms. The predicted molar refractivity (Wildman–Crippen MR) is 83.3 cm³/mol. The molecule has 0 atom stereocenters. The molecular weight excluding hydrogens is 274 g/mol. The minimum Gasteiger partial charge on any atom is -0.496 e. The number of aryl methyl sites for hydroxylation is 1. The van der Waals surface area contributed by atoms with Gasteiger partial charge in [-0.15, -0.1) is 0 Å². The number of anilines is 1. The average Bonchev–Trinajstić information content (AvgIpc) is 2.75. The van der Waals surface area contributed by atoms with Crippen molar-refractivity contribution in [2.45, 2.75) is 33.2 Å². The summed E-state index contributed by atoms with van der Waals surface area (Å²) < 4.78 is 7.42. The first-order valence-corrected chi connectivity index (χ1v) is 7.19. The summed E-state index contributed by atoms with van der Waals surface area (Å²) in [5.41, 5.74) is 7.72. The van der Waals surface area contributed by atoms with E-state index in [1.54, 1.807) is 7.11 Å². The second-order valence-corrected chi connectivity index (χ2v) is 4.98. The van der Waals surface area contributed by atoms with Crippen LogP contribution in [-0.4, -0.2) is 16.7 Å². The van der Waals surface area contributed by atoms with Crippen molar-refractivity contribution in [2.75, 3.05) is 12.8 Å². The lowest BCUT2D eigenvalue weighted by molar-refractivity contribution is 0.416. The van der Waals surface area contributed by atoms with E-state index in [-0.39, 0.29) is 0 Å². The van der Waals surface area contributed by atoms with Crippen molar-refractivity contribution >= 4 is 17.4 Å². The molecular formula is C15H20ClN3O. The number of halogens is 1. The predicted octanol–water partition coefficient (Wildman–Crippen LogP) is 3.77. The normalized spacial score (nSPS) is 10.8. The van der Waals surface area contributed by atoms with E-state index in [1.807, 2.05) is 22.8 Å². The van der Waals surface area contributed by atoms with Crippen LogP contribution in [0.15, 0.2) is 18.2 Å². The van der Waals surface area contributed by atoms with Crippen LogP contribution >= 0.6 is 11.6 Å². The van der Waals surface area contributed by atoms with Crippen molar-refractivity contribution < 1.29 is 4.74 Å². The first-order valence-electron chi connectivity index (χ1n) is 6.81. The Kier molecular flexibility index (Phi) is 4.55. The Morgan fingerprint density at radius 3 is 2.70 bits per heavy atom. The molecule has 1 aromatic carbocycles. The van der Waals surface area contributed by atoms with E-state index in [9.17, 15) is 0 Å². The number of hydrogen-bond acceptors (Lipinski definition) is 3. The minimum atomic E-state index is 0.597. The number of benzene rings is 1. The molecule has 0 aliphatic heterocycles. The van der Waals surface area contributed by atoms with Crippen LogP contribution in [0.25, 0.3) is 11.3 Å². The summed E-state index contributed by atoms with van der Waals surface area (Å²) in [6.07, 6.45) is 1.92. The van der Waals surface area contributed by atoms with Crippen LogP contribution < -0.4 is 10.5 Å². The van der Waals surface area contributed by atoms with Gasteiger partial charge < -0.3 is 15.0 Å². The lowest BCUT2D eigenvalue weighted by atomic mass is 10.1. The van der Waals surface area contributed by atoms with Gasteiger partial charge in [-0.1, -0.05) is 24.6 Å². The Bertz CT molecular complexity index is 607. The number of hydrogen-bond donors (Lipinski definition) is 1. The molecule has 2 aromatic rings. The molecule has 0 radical (unpaired) electrons. The van der Waals surface area contributed by atoms with Crippen molar-refractivity contribution in [3.63, 3.8) is 0 Å². The number of nitrogens with two attached hydrogens (primary N) is 1. The van der Waals surface area contributed by atoms with Gasteiger partial charge in [0.2, 0.25) is 0 Å². The average molecular weight is 294 g/mol. The first-order chi connectivity index (χ1) is 9.63. The molecule has 0 aliphatic carbocycles. The Morgan fingerprint density at radius 2 is 2.10 bits per heavy atom. The van der Waals surface area contributed by atoms with Crippen molar-refractivity contribution in [1.29, 1.82) is 0 Å². The van der Waals surface area contributed by atoms with Gasteiger partial charge in [0.15, 0.2) is 0 Å². The van der Waals surface area contributed by atoms with Crippen molar-refractivity contribution in [2.24, 2.45) is 0 Å². The molecule has 1 aromatic heterocycles. The molecule has 0 saturated heterocycles. The zero-order valence-electron chi connectivity index (χ0n) is 12.1. The second kappa shape index (κ2) is 6.18. The monoisotopic (exact) mass is 293 g/mol. The van der Waals surface area contributed by atoms with Crippen LogP contribution in [0.1, 0.15) is 26.1 Å². The van der Waals surface area contributed by atoms with Crippen LogP contribution in [0.2, 0.25) is 5.02 Å². The molecule has 1 heterocycles. The summed E-state index contributed by atoms with van der Waals surface area (Å²) in [5.74, 6) is 2.32. The summed E-state index contributed by atoms with van der Waals surface area (Å²) in [6.45, 7) is 4.98. The summed E-state index contributed by atoms with van der Waals surface area (Å²) >= 11 is 6.31. The summed E-state index contributed by atoms with van der Waals surface area (Å²) in [6, 6.07) is 5.54. The number of rotatable bonds is 5. The van der Waals surface area contributed by atoms with Crippen LogP contribution in [0.4, 0.5) is 5.82 Å². The maximum absolute atomic E-state index is 6.31. The highest BCUT2D eigenvalue weighted by Crippen LogP contribution is 2.39. The largest absolute Gasteiger partial charge is 0.496 e. The van der Waals surface area contributed by atoms with Crippen LogP contribution in [0, 0.1) is 0 Å². The van der Waals surface area contributed by atoms with Crippen LogP contribution in [0.3, 0.4) is 0 Å². The lowest BCUT2D eigenvalue weighted by Crippen LogP contribution is -2.05. The fraction of sp³-hybridized carbons (Fsp3) is 0.400. The molecule has 20 heavy (non-hydrogen) atoms. The number of methoxy groups -OCH3 is 1. The van der Waals surface area contributed by atoms with Gasteiger partial charge in [-0.3, -0.25) is 0 Å². The topological polar surface area (TPSA) is 53.1 Å². The molecule has 108 valence electrons. The summed E-state index contributed by atoms with van der Waals surface area (Å²) in [4.78, 5) is 4.68. The van der Waals surface area contributed by atoms with E-state index < -0.39 is 0 Å². The Morgan fingerprint density at radius 1 is 1.35 bits per heavy atom. The lowest BCUT2D eigenvalue weighted by Gasteiger charge is -2.09. The third-order valence-corrected chi connectivity index (χ3v) is 3.62. The Labute approximate surface area is 124 Å². The molecule has 0 aliphatic rings. The third-order valence-electron chi connectivity index (χ3n) is 3.31. The van der Waals surface area contributed by atoms with Gasteiger partial charge in [-0.2, -0.15) is 0 Å². The summed E-state index contributed by atoms with van der Waals surface area (Å²) in [5, 5.41) is 0.597. The van der Waals surface area contributed by atoms with Crippen molar-refractivity contribution in [3.8, 4) is 17.0 Å². The molecule has 0 amide bonds. The zero-order valence-corrected chi connectivity index (χ0v) is 12.9. The molecule has 0 fully saturated rings. The Balaban J connectivity index is 2.64. The van der Waals surface area contributed by atoms with E-state index in [2.05, 4.69) is 18.8 Å². The summed E-state index contributed by atoms with van der Waals surface area (Å²) in [7, 11) is 1.62. The highest BCUT2D eigenvalue weighted by molar-refractivity contribution is 6.33. The van der Waals surface area contributed by atoms with E-state index in [0.29, 0.717) is 22.3 Å². The number of aromatic nitrogens is 2. The minimum absolute atomic E-state index is 0.597. The van der Waals surface area contributed by atoms with Gasteiger partial charge in [-0.25, -0.2) is 4.98 Å². The molecule has 2 N–H and O–H groups in total. The molecule has 0 unspecified atom stereocenters. The van der Waals surface area contributed by atoms with Crippen molar-refractivity contribution in [3.05, 3.63) is 29.0 Å². The van der Waals surface area contributed by atoms with Crippen molar-refractivity contribution in [1.82, 2.24) is 9.55 Å². The quantitative estimate of drug-likeness (QED) is 0.913. The van der Waals surface area contributed by atoms with E-state index in [4.69, 9.17) is 22.1 Å². The van der Waals surface area contributed by atoms with Gasteiger partial charge in [-0.05, 0) is 25.5 Å². The molecule has 0 bridgehead atoms. The Hall–Kier alpha value is -1.68. The van der Waals surface area contributed by atoms with Gasteiger partial charge >= 0.3 is 0 Å². The highest BCUT2D eigenvalue weighted by Gasteiger charge is 2.20. The number of imidazole rings is 1. The van der Waals surface area contributed by atoms with Gasteiger partial charge in [0.25, 0.3) is 0 Å². The zero-order chi connectivity index (χ0) is 14.7. The smallest absolute Gasteiger partial charge is 0.131 e. The molecule has 0 saturated carbocycles. The van der Waals surface area contributed by atoms with Gasteiger partial charge in [0.05, 0.1) is 17.7 Å². The third kappa shape index (κ3) is 2.48. The van der Waals surface area contributed by atoms with E-state index >= 15 is 0 Å². The highest BCUT2D eigenvalue weighted by atomic mass is 35.5. The van der Waals surface area contributed by atoms with E-state index in [0.717, 1.165) is 30.8 Å². The van der Waals surface area contributed by atoms with Gasteiger partial charge in [0, 0.05) is 13.0 Å². The first kappa shape index (κ1) is 14.7. The fourth-order valence-electron chi connectivity index (χ4n) is 2.37. The number of nitrogens with zero attached hydrogens (tertiary/aromatic N) is 2. The molecule has 5 heteroatoms. The maximum atomic E-state index is 6.31. The number of nitrogen functional groups attached to an aromatic ring is 1.